The summed E-state index contributed by atoms with van der Waals surface area (Å²) in [6.45, 7) is 0.136. The molecule has 2 nitrogen and oxygen atoms in total. The number of aliphatic hydroxyl groups is 1. The second kappa shape index (κ2) is 6.56. The van der Waals surface area contributed by atoms with Crippen LogP contribution in [0.3, 0.4) is 0 Å². The second-order valence-corrected chi connectivity index (χ2v) is 8.22. The molecule has 1 unspecified atom stereocenters. The summed E-state index contributed by atoms with van der Waals surface area (Å²) in [6, 6.07) is 12.9. The van der Waals surface area contributed by atoms with Gasteiger partial charge in [-0.05, 0) is 59.0 Å². The predicted octanol–water partition coefficient (Wildman–Crippen LogP) is 4.05. The molecule has 106 valence electrons. The molecule has 3 rings (SSSR count). The van der Waals surface area contributed by atoms with E-state index >= 15 is 0 Å². The number of aliphatic hydroxyl groups excluding tert-OH is 1. The van der Waals surface area contributed by atoms with Crippen molar-refractivity contribution in [1.82, 2.24) is 5.32 Å². The lowest BCUT2D eigenvalue weighted by molar-refractivity contribution is 0.228. The van der Waals surface area contributed by atoms with Gasteiger partial charge in [-0.2, -0.15) is 0 Å². The normalized spacial score (nSPS) is 19.6. The topological polar surface area (TPSA) is 32.3 Å². The maximum atomic E-state index is 9.70. The largest absolute Gasteiger partial charge is 0.394 e. The van der Waals surface area contributed by atoms with Crippen LogP contribution in [0.15, 0.2) is 36.4 Å². The highest BCUT2D eigenvalue weighted by atomic mass is 127. The standard InChI is InChI=1S/C16H18INOS/c17-16-9-12-13(7-4-8-15(12)20-16)18-14(10-19)11-5-2-1-3-6-11/h1-3,5-6,9,13-14,18-19H,4,7-8,10H2/t13?,14-/m1/s1. The van der Waals surface area contributed by atoms with Crippen LogP contribution in [0.2, 0.25) is 0 Å². The Kier molecular flexibility index (Phi) is 4.75. The van der Waals surface area contributed by atoms with Crippen LogP contribution in [0.1, 0.15) is 40.9 Å². The summed E-state index contributed by atoms with van der Waals surface area (Å²) in [5.74, 6) is 0. The van der Waals surface area contributed by atoms with Gasteiger partial charge in [0.05, 0.1) is 15.5 Å². The lowest BCUT2D eigenvalue weighted by Crippen LogP contribution is -2.30. The Morgan fingerprint density at radius 1 is 1.35 bits per heavy atom. The van der Waals surface area contributed by atoms with Gasteiger partial charge in [0.15, 0.2) is 0 Å². The van der Waals surface area contributed by atoms with E-state index < -0.39 is 0 Å². The molecule has 0 saturated carbocycles. The fourth-order valence-corrected chi connectivity index (χ4v) is 5.00. The number of benzene rings is 1. The van der Waals surface area contributed by atoms with Gasteiger partial charge in [-0.15, -0.1) is 11.3 Å². The molecular weight excluding hydrogens is 381 g/mol. The van der Waals surface area contributed by atoms with Crippen molar-refractivity contribution in [2.75, 3.05) is 6.61 Å². The number of aryl methyl sites for hydroxylation is 1. The number of fused-ring (bicyclic) bond motifs is 1. The highest BCUT2D eigenvalue weighted by Crippen LogP contribution is 2.37. The predicted molar refractivity (Wildman–Crippen MR) is 92.1 cm³/mol. The van der Waals surface area contributed by atoms with Crippen molar-refractivity contribution in [2.24, 2.45) is 0 Å². The molecule has 0 fully saturated rings. The van der Waals surface area contributed by atoms with E-state index in [2.05, 4.69) is 46.1 Å². The average Bonchev–Trinajstić information content (AvgIpc) is 2.86. The molecule has 1 aromatic heterocycles. The summed E-state index contributed by atoms with van der Waals surface area (Å²) in [5.41, 5.74) is 2.60. The second-order valence-electron chi connectivity index (χ2n) is 5.19. The van der Waals surface area contributed by atoms with Crippen LogP contribution < -0.4 is 5.32 Å². The van der Waals surface area contributed by atoms with Gasteiger partial charge in [0.1, 0.15) is 0 Å². The van der Waals surface area contributed by atoms with Crippen LogP contribution in [0.25, 0.3) is 0 Å². The summed E-state index contributed by atoms with van der Waals surface area (Å²) < 4.78 is 1.36. The summed E-state index contributed by atoms with van der Waals surface area (Å²) in [7, 11) is 0. The molecule has 2 aromatic rings. The van der Waals surface area contributed by atoms with E-state index in [9.17, 15) is 5.11 Å². The summed E-state index contributed by atoms with van der Waals surface area (Å²) in [5, 5.41) is 13.3. The van der Waals surface area contributed by atoms with E-state index in [1.165, 1.54) is 26.2 Å². The van der Waals surface area contributed by atoms with E-state index in [1.807, 2.05) is 29.5 Å². The lowest BCUT2D eigenvalue weighted by atomic mass is 9.92. The summed E-state index contributed by atoms with van der Waals surface area (Å²) in [4.78, 5) is 1.52. The van der Waals surface area contributed by atoms with E-state index in [0.29, 0.717) is 6.04 Å². The maximum absolute atomic E-state index is 9.70. The first-order valence-electron chi connectivity index (χ1n) is 6.98. The van der Waals surface area contributed by atoms with Gasteiger partial charge in [0.2, 0.25) is 0 Å². The minimum atomic E-state index is 0.0183. The van der Waals surface area contributed by atoms with E-state index in [4.69, 9.17) is 0 Å². The zero-order chi connectivity index (χ0) is 13.9. The van der Waals surface area contributed by atoms with Gasteiger partial charge in [-0.3, -0.25) is 0 Å². The van der Waals surface area contributed by atoms with Gasteiger partial charge >= 0.3 is 0 Å². The molecule has 1 aliphatic carbocycles. The molecule has 1 aliphatic rings. The summed E-state index contributed by atoms with van der Waals surface area (Å²) in [6.07, 6.45) is 3.59. The smallest absolute Gasteiger partial charge is 0.0659 e. The Bertz CT molecular complexity index is 569. The van der Waals surface area contributed by atoms with Gasteiger partial charge in [0.25, 0.3) is 0 Å². The van der Waals surface area contributed by atoms with Gasteiger partial charge in [-0.25, -0.2) is 0 Å². The number of rotatable bonds is 4. The van der Waals surface area contributed by atoms with Crippen LogP contribution >= 0.6 is 33.9 Å². The minimum absolute atomic E-state index is 0.0183. The maximum Gasteiger partial charge on any atom is 0.0659 e. The van der Waals surface area contributed by atoms with Crippen LogP contribution in [-0.4, -0.2) is 11.7 Å². The average molecular weight is 399 g/mol. The number of hydrogen-bond donors (Lipinski definition) is 2. The molecule has 1 aromatic carbocycles. The SMILES string of the molecule is OC[C@@H](NC1CCCc2sc(I)cc21)c1ccccc1. The zero-order valence-corrected chi connectivity index (χ0v) is 14.2. The van der Waals surface area contributed by atoms with Gasteiger partial charge in [0, 0.05) is 10.9 Å². The molecule has 1 heterocycles. The highest BCUT2D eigenvalue weighted by Gasteiger charge is 2.25. The third kappa shape index (κ3) is 3.08. The number of hydrogen-bond acceptors (Lipinski definition) is 3. The van der Waals surface area contributed by atoms with Crippen LogP contribution in [-0.2, 0) is 6.42 Å². The molecule has 20 heavy (non-hydrogen) atoms. The molecule has 0 amide bonds. The Morgan fingerprint density at radius 2 is 2.15 bits per heavy atom. The zero-order valence-electron chi connectivity index (χ0n) is 11.2. The van der Waals surface area contributed by atoms with E-state index in [0.717, 1.165) is 12.0 Å². The monoisotopic (exact) mass is 399 g/mol. The van der Waals surface area contributed by atoms with Gasteiger partial charge in [-0.1, -0.05) is 30.3 Å². The van der Waals surface area contributed by atoms with Gasteiger partial charge < -0.3 is 10.4 Å². The molecule has 0 spiro atoms. The fraction of sp³-hybridized carbons (Fsp3) is 0.375. The molecule has 4 heteroatoms. The van der Waals surface area contributed by atoms with Crippen molar-refractivity contribution in [2.45, 2.75) is 31.3 Å². The van der Waals surface area contributed by atoms with E-state index in [1.54, 1.807) is 0 Å². The first kappa shape index (κ1) is 14.5. The molecule has 2 atom stereocenters. The fourth-order valence-electron chi connectivity index (χ4n) is 2.88. The quantitative estimate of drug-likeness (QED) is 0.761. The summed E-state index contributed by atoms with van der Waals surface area (Å²) >= 11 is 4.32. The Balaban J connectivity index is 1.80. The minimum Gasteiger partial charge on any atom is -0.394 e. The molecule has 0 bridgehead atoms. The van der Waals surface area contributed by atoms with Crippen molar-refractivity contribution >= 4 is 33.9 Å². The first-order chi connectivity index (χ1) is 9.78. The number of nitrogens with one attached hydrogen (secondary N) is 1. The molecule has 0 saturated heterocycles. The molecule has 0 radical (unpaired) electrons. The number of thiophene rings is 1. The van der Waals surface area contributed by atoms with Crippen molar-refractivity contribution in [1.29, 1.82) is 0 Å². The van der Waals surface area contributed by atoms with Crippen molar-refractivity contribution in [3.05, 3.63) is 55.3 Å². The third-order valence-electron chi connectivity index (χ3n) is 3.87. The van der Waals surface area contributed by atoms with Crippen LogP contribution in [0.4, 0.5) is 0 Å². The van der Waals surface area contributed by atoms with Crippen LogP contribution in [0.5, 0.6) is 0 Å². The van der Waals surface area contributed by atoms with E-state index in [-0.39, 0.29) is 12.6 Å². The Morgan fingerprint density at radius 3 is 2.90 bits per heavy atom. The van der Waals surface area contributed by atoms with Crippen molar-refractivity contribution in [3.63, 3.8) is 0 Å². The lowest BCUT2D eigenvalue weighted by Gasteiger charge is -2.28. The Labute approximate surface area is 137 Å². The highest BCUT2D eigenvalue weighted by molar-refractivity contribution is 14.1. The van der Waals surface area contributed by atoms with Crippen molar-refractivity contribution < 1.29 is 5.11 Å². The number of halogens is 1. The third-order valence-corrected chi connectivity index (χ3v) is 5.84. The molecule has 2 N–H and O–H groups in total. The Hall–Kier alpha value is -0.430. The molecule has 0 aliphatic heterocycles. The molecular formula is C16H18INOS. The first-order valence-corrected chi connectivity index (χ1v) is 8.87. The van der Waals surface area contributed by atoms with Crippen molar-refractivity contribution in [3.8, 4) is 0 Å². The van der Waals surface area contributed by atoms with Crippen LogP contribution in [0, 0.1) is 2.88 Å².